The van der Waals surface area contributed by atoms with E-state index in [1.54, 1.807) is 34.4 Å². The van der Waals surface area contributed by atoms with E-state index in [9.17, 15) is 13.2 Å². The smallest absolute Gasteiger partial charge is 0.317 e. The van der Waals surface area contributed by atoms with E-state index >= 15 is 0 Å². The highest BCUT2D eigenvalue weighted by molar-refractivity contribution is 7.89. The van der Waals surface area contributed by atoms with Gasteiger partial charge in [0.05, 0.1) is 4.90 Å². The van der Waals surface area contributed by atoms with Crippen molar-refractivity contribution in [3.05, 3.63) is 41.1 Å². The summed E-state index contributed by atoms with van der Waals surface area (Å²) in [4.78, 5) is 13.8. The molecule has 1 fully saturated rings. The van der Waals surface area contributed by atoms with E-state index in [0.717, 1.165) is 11.1 Å². The Morgan fingerprint density at radius 3 is 2.65 bits per heavy atom. The third-order valence-corrected chi connectivity index (χ3v) is 6.63. The van der Waals surface area contributed by atoms with Gasteiger partial charge in [-0.1, -0.05) is 12.1 Å². The molecule has 0 radical (unpaired) electrons. The van der Waals surface area contributed by atoms with Crippen molar-refractivity contribution < 1.29 is 13.2 Å². The van der Waals surface area contributed by atoms with Crippen molar-refractivity contribution in [2.24, 2.45) is 0 Å². The average Bonchev–Trinajstić information content (AvgIpc) is 3.17. The molecule has 0 saturated carbocycles. The summed E-state index contributed by atoms with van der Waals surface area (Å²) in [7, 11) is -3.59. The quantitative estimate of drug-likeness (QED) is 0.820. The van der Waals surface area contributed by atoms with Gasteiger partial charge < -0.3 is 10.2 Å². The number of thiophene rings is 1. The summed E-state index contributed by atoms with van der Waals surface area (Å²) in [6.45, 7) is 3.57. The van der Waals surface area contributed by atoms with Crippen LogP contribution in [0.5, 0.6) is 0 Å². The van der Waals surface area contributed by atoms with Gasteiger partial charge in [0.15, 0.2) is 0 Å². The van der Waals surface area contributed by atoms with E-state index in [4.69, 9.17) is 0 Å². The van der Waals surface area contributed by atoms with E-state index in [-0.39, 0.29) is 17.0 Å². The molecule has 26 heavy (non-hydrogen) atoms. The van der Waals surface area contributed by atoms with Crippen LogP contribution in [-0.4, -0.2) is 45.0 Å². The Morgan fingerprint density at radius 2 is 2.00 bits per heavy atom. The number of urea groups is 1. The fourth-order valence-electron chi connectivity index (χ4n) is 3.02. The summed E-state index contributed by atoms with van der Waals surface area (Å²) in [5.74, 6) is 0. The highest BCUT2D eigenvalue weighted by Gasteiger charge is 2.26. The molecule has 0 bridgehead atoms. The topological polar surface area (TPSA) is 78.5 Å². The molecule has 3 rings (SSSR count). The van der Waals surface area contributed by atoms with E-state index in [2.05, 4.69) is 10.0 Å². The van der Waals surface area contributed by atoms with Crippen molar-refractivity contribution in [3.8, 4) is 11.1 Å². The fraction of sp³-hybridized carbons (Fsp3) is 0.389. The van der Waals surface area contributed by atoms with Crippen molar-refractivity contribution in [1.82, 2.24) is 14.9 Å². The fourth-order valence-corrected chi connectivity index (χ4v) is 5.04. The monoisotopic (exact) mass is 393 g/mol. The van der Waals surface area contributed by atoms with Gasteiger partial charge in [-0.15, -0.1) is 0 Å². The summed E-state index contributed by atoms with van der Waals surface area (Å²) < 4.78 is 28.3. The molecule has 2 amide bonds. The Kier molecular flexibility index (Phi) is 5.95. The van der Waals surface area contributed by atoms with Gasteiger partial charge in [0.25, 0.3) is 0 Å². The maximum absolute atomic E-state index is 12.7. The first-order chi connectivity index (χ1) is 12.5. The first-order valence-electron chi connectivity index (χ1n) is 8.67. The molecule has 6 nitrogen and oxygen atoms in total. The summed E-state index contributed by atoms with van der Waals surface area (Å²) in [5, 5.41) is 6.74. The number of sulfonamides is 1. The molecule has 1 aliphatic rings. The zero-order valence-electron chi connectivity index (χ0n) is 14.6. The maximum Gasteiger partial charge on any atom is 0.317 e. The molecule has 2 heterocycles. The molecule has 1 saturated heterocycles. The van der Waals surface area contributed by atoms with E-state index < -0.39 is 10.0 Å². The summed E-state index contributed by atoms with van der Waals surface area (Å²) in [5.41, 5.74) is 1.91. The molecule has 0 spiro atoms. The molecule has 2 aromatic rings. The first kappa shape index (κ1) is 18.9. The molecule has 1 aliphatic heterocycles. The molecule has 8 heteroatoms. The number of hydrogen-bond acceptors (Lipinski definition) is 4. The SMILES string of the molecule is CCNC(=O)N1CCC(NS(=O)(=O)c2cccc(-c3ccsc3)c2)CC1. The van der Waals surface area contributed by atoms with Crippen LogP contribution in [0.2, 0.25) is 0 Å². The Labute approximate surface area is 158 Å². The predicted octanol–water partition coefficient (Wildman–Crippen LogP) is 2.89. The lowest BCUT2D eigenvalue weighted by Gasteiger charge is -2.32. The highest BCUT2D eigenvalue weighted by atomic mass is 32.2. The minimum Gasteiger partial charge on any atom is -0.338 e. The van der Waals surface area contributed by atoms with Crippen LogP contribution >= 0.6 is 11.3 Å². The number of nitrogens with one attached hydrogen (secondary N) is 2. The van der Waals surface area contributed by atoms with Gasteiger partial charge in [0.2, 0.25) is 10.0 Å². The van der Waals surface area contributed by atoms with Crippen molar-refractivity contribution in [2.75, 3.05) is 19.6 Å². The van der Waals surface area contributed by atoms with Gasteiger partial charge in [-0.2, -0.15) is 11.3 Å². The second-order valence-corrected chi connectivity index (χ2v) is 8.75. The number of rotatable bonds is 5. The van der Waals surface area contributed by atoms with Crippen LogP contribution in [0.4, 0.5) is 4.79 Å². The minimum absolute atomic E-state index is 0.0859. The number of nitrogens with zero attached hydrogens (tertiary/aromatic N) is 1. The highest BCUT2D eigenvalue weighted by Crippen LogP contribution is 2.25. The largest absolute Gasteiger partial charge is 0.338 e. The maximum atomic E-state index is 12.7. The molecule has 0 atom stereocenters. The van der Waals surface area contributed by atoms with Crippen molar-refractivity contribution in [3.63, 3.8) is 0 Å². The number of amides is 2. The lowest BCUT2D eigenvalue weighted by molar-refractivity contribution is 0.180. The molecule has 140 valence electrons. The third-order valence-electron chi connectivity index (χ3n) is 4.43. The first-order valence-corrected chi connectivity index (χ1v) is 11.1. The Bertz CT molecular complexity index is 842. The van der Waals surface area contributed by atoms with Crippen molar-refractivity contribution in [2.45, 2.75) is 30.7 Å². The van der Waals surface area contributed by atoms with Gasteiger partial charge in [-0.05, 0) is 59.9 Å². The number of piperidine rings is 1. The van der Waals surface area contributed by atoms with Crippen molar-refractivity contribution in [1.29, 1.82) is 0 Å². The van der Waals surface area contributed by atoms with Crippen LogP contribution < -0.4 is 10.0 Å². The number of carbonyl (C=O) groups is 1. The summed E-state index contributed by atoms with van der Waals surface area (Å²) in [6, 6.07) is 8.72. The Balaban J connectivity index is 1.65. The van der Waals surface area contributed by atoms with Gasteiger partial charge in [0, 0.05) is 25.7 Å². The number of carbonyl (C=O) groups excluding carboxylic acids is 1. The Hall–Kier alpha value is -1.90. The van der Waals surface area contributed by atoms with Crippen LogP contribution in [0.25, 0.3) is 11.1 Å². The van der Waals surface area contributed by atoms with Crippen molar-refractivity contribution >= 4 is 27.4 Å². The van der Waals surface area contributed by atoms with Crippen LogP contribution in [0.15, 0.2) is 46.0 Å². The molecule has 2 N–H and O–H groups in total. The normalized spacial score (nSPS) is 15.8. The number of hydrogen-bond donors (Lipinski definition) is 2. The van der Waals surface area contributed by atoms with Gasteiger partial charge in [-0.25, -0.2) is 17.9 Å². The standard InChI is InChI=1S/C18H23N3O3S2/c1-2-19-18(22)21-9-6-16(7-10-21)20-26(23,24)17-5-3-4-14(12-17)15-8-11-25-13-15/h3-5,8,11-13,16,20H,2,6-7,9-10H2,1H3,(H,19,22). The van der Waals surface area contributed by atoms with E-state index in [1.165, 1.54) is 0 Å². The van der Waals surface area contributed by atoms with Gasteiger partial charge in [0.1, 0.15) is 0 Å². The zero-order chi connectivity index (χ0) is 18.6. The number of likely N-dealkylation sites (tertiary alicyclic amines) is 1. The molecule has 0 aliphatic carbocycles. The predicted molar refractivity (Wildman–Crippen MR) is 104 cm³/mol. The average molecular weight is 394 g/mol. The molecular formula is C18H23N3O3S2. The molecular weight excluding hydrogens is 370 g/mol. The van der Waals surface area contributed by atoms with E-state index in [1.807, 2.05) is 29.8 Å². The summed E-state index contributed by atoms with van der Waals surface area (Å²) in [6.07, 6.45) is 1.22. The minimum atomic E-state index is -3.59. The molecule has 1 aromatic heterocycles. The number of benzene rings is 1. The Morgan fingerprint density at radius 1 is 1.23 bits per heavy atom. The molecule has 1 aromatic carbocycles. The summed E-state index contributed by atoms with van der Waals surface area (Å²) >= 11 is 1.58. The van der Waals surface area contributed by atoms with Gasteiger partial charge in [-0.3, -0.25) is 0 Å². The van der Waals surface area contributed by atoms with Gasteiger partial charge >= 0.3 is 6.03 Å². The van der Waals surface area contributed by atoms with Crippen LogP contribution in [0.3, 0.4) is 0 Å². The lowest BCUT2D eigenvalue weighted by Crippen LogP contribution is -2.49. The second-order valence-electron chi connectivity index (χ2n) is 6.26. The second kappa shape index (κ2) is 8.20. The third kappa shape index (κ3) is 4.44. The van der Waals surface area contributed by atoms with Crippen LogP contribution in [0.1, 0.15) is 19.8 Å². The zero-order valence-corrected chi connectivity index (χ0v) is 16.3. The van der Waals surface area contributed by atoms with Crippen LogP contribution in [0, 0.1) is 0 Å². The lowest BCUT2D eigenvalue weighted by atomic mass is 10.1. The molecule has 0 unspecified atom stereocenters. The van der Waals surface area contributed by atoms with Crippen LogP contribution in [-0.2, 0) is 10.0 Å². The van der Waals surface area contributed by atoms with E-state index in [0.29, 0.717) is 32.5 Å².